The molecule has 0 saturated heterocycles. The highest BCUT2D eigenvalue weighted by atomic mass is 19.2. The average molecular weight is 377 g/mol. The average Bonchev–Trinajstić information content (AvgIpc) is 2.69. The molecular formula is C19H18F3N3O2. The number of anilines is 1. The minimum absolute atomic E-state index is 0.105. The van der Waals surface area contributed by atoms with Gasteiger partial charge in [0.25, 0.3) is 11.8 Å². The largest absolute Gasteiger partial charge is 0.349 e. The van der Waals surface area contributed by atoms with Crippen molar-refractivity contribution in [3.63, 3.8) is 0 Å². The van der Waals surface area contributed by atoms with Gasteiger partial charge in [0.2, 0.25) is 0 Å². The Morgan fingerprint density at radius 3 is 2.44 bits per heavy atom. The summed E-state index contributed by atoms with van der Waals surface area (Å²) in [5.74, 6) is -5.70. The Morgan fingerprint density at radius 2 is 1.70 bits per heavy atom. The maximum absolute atomic E-state index is 13.7. The van der Waals surface area contributed by atoms with Gasteiger partial charge in [0.15, 0.2) is 17.5 Å². The molecule has 1 aromatic carbocycles. The molecule has 0 unspecified atom stereocenters. The molecule has 1 aliphatic rings. The zero-order chi connectivity index (χ0) is 19.4. The van der Waals surface area contributed by atoms with E-state index in [2.05, 4.69) is 15.6 Å². The summed E-state index contributed by atoms with van der Waals surface area (Å²) in [6.07, 6.45) is 6.40. The van der Waals surface area contributed by atoms with Gasteiger partial charge in [0, 0.05) is 17.8 Å². The maximum atomic E-state index is 13.7. The minimum atomic E-state index is -1.68. The van der Waals surface area contributed by atoms with Crippen molar-refractivity contribution < 1.29 is 22.8 Å². The van der Waals surface area contributed by atoms with Gasteiger partial charge in [0.1, 0.15) is 5.69 Å². The number of benzene rings is 1. The molecule has 27 heavy (non-hydrogen) atoms. The molecule has 1 fully saturated rings. The highest BCUT2D eigenvalue weighted by molar-refractivity contribution is 6.04. The third kappa shape index (κ3) is 4.45. The van der Waals surface area contributed by atoms with E-state index in [1.54, 1.807) is 0 Å². The summed E-state index contributed by atoms with van der Waals surface area (Å²) in [4.78, 5) is 28.5. The number of carbonyl (C=O) groups is 2. The van der Waals surface area contributed by atoms with Crippen LogP contribution in [0.25, 0.3) is 0 Å². The van der Waals surface area contributed by atoms with E-state index in [0.29, 0.717) is 6.07 Å². The summed E-state index contributed by atoms with van der Waals surface area (Å²) in [5.41, 5.74) is -0.417. The Bertz CT molecular complexity index is 867. The number of pyridine rings is 1. The second-order valence-electron chi connectivity index (χ2n) is 6.42. The predicted molar refractivity (Wildman–Crippen MR) is 92.8 cm³/mol. The van der Waals surface area contributed by atoms with Crippen LogP contribution in [0, 0.1) is 17.5 Å². The van der Waals surface area contributed by atoms with Crippen LogP contribution in [0.1, 0.15) is 53.0 Å². The van der Waals surface area contributed by atoms with Gasteiger partial charge in [-0.1, -0.05) is 19.3 Å². The van der Waals surface area contributed by atoms with E-state index >= 15 is 0 Å². The number of carbonyl (C=O) groups excluding carboxylic acids is 2. The normalized spacial score (nSPS) is 14.6. The molecule has 2 N–H and O–H groups in total. The van der Waals surface area contributed by atoms with E-state index in [1.165, 1.54) is 18.3 Å². The van der Waals surface area contributed by atoms with Crippen LogP contribution in [0.2, 0.25) is 0 Å². The lowest BCUT2D eigenvalue weighted by molar-refractivity contribution is 0.0927. The van der Waals surface area contributed by atoms with Crippen LogP contribution in [0.4, 0.5) is 18.9 Å². The van der Waals surface area contributed by atoms with Gasteiger partial charge < -0.3 is 10.6 Å². The number of rotatable bonds is 4. The van der Waals surface area contributed by atoms with E-state index in [9.17, 15) is 22.8 Å². The smallest absolute Gasteiger partial charge is 0.274 e. The van der Waals surface area contributed by atoms with Crippen molar-refractivity contribution in [1.29, 1.82) is 0 Å². The lowest BCUT2D eigenvalue weighted by Gasteiger charge is -2.22. The first-order valence-electron chi connectivity index (χ1n) is 8.67. The number of nitrogens with zero attached hydrogens (tertiary/aromatic N) is 1. The van der Waals surface area contributed by atoms with Crippen LogP contribution < -0.4 is 10.6 Å². The zero-order valence-electron chi connectivity index (χ0n) is 14.4. The first-order valence-corrected chi connectivity index (χ1v) is 8.67. The third-order valence-corrected chi connectivity index (χ3v) is 4.48. The van der Waals surface area contributed by atoms with Gasteiger partial charge in [-0.3, -0.25) is 14.6 Å². The Kier molecular flexibility index (Phi) is 5.73. The molecule has 142 valence electrons. The highest BCUT2D eigenvalue weighted by Crippen LogP contribution is 2.20. The van der Waals surface area contributed by atoms with Gasteiger partial charge in [0.05, 0.1) is 5.69 Å². The molecule has 1 aromatic heterocycles. The van der Waals surface area contributed by atoms with Crippen molar-refractivity contribution in [2.24, 2.45) is 0 Å². The SMILES string of the molecule is O=C(NC1CCCCC1)c1ccnc(C(=O)Nc2ccc(F)c(F)c2F)c1. The maximum Gasteiger partial charge on any atom is 0.274 e. The number of amides is 2. The van der Waals surface area contributed by atoms with Crippen molar-refractivity contribution in [3.05, 3.63) is 59.2 Å². The number of hydrogen-bond donors (Lipinski definition) is 2. The van der Waals surface area contributed by atoms with Gasteiger partial charge in [-0.15, -0.1) is 0 Å². The minimum Gasteiger partial charge on any atom is -0.349 e. The molecule has 2 aromatic rings. The van der Waals surface area contributed by atoms with Gasteiger partial charge in [-0.05, 0) is 37.1 Å². The first-order chi connectivity index (χ1) is 13.0. The monoisotopic (exact) mass is 377 g/mol. The Labute approximate surface area is 154 Å². The van der Waals surface area contributed by atoms with E-state index in [0.717, 1.165) is 38.2 Å². The van der Waals surface area contributed by atoms with Crippen molar-refractivity contribution in [2.75, 3.05) is 5.32 Å². The van der Waals surface area contributed by atoms with Gasteiger partial charge in [-0.2, -0.15) is 0 Å². The predicted octanol–water partition coefficient (Wildman–Crippen LogP) is 3.81. The number of hydrogen-bond acceptors (Lipinski definition) is 3. The summed E-state index contributed by atoms with van der Waals surface area (Å²) in [7, 11) is 0. The molecule has 5 nitrogen and oxygen atoms in total. The molecule has 1 saturated carbocycles. The fraction of sp³-hybridized carbons (Fsp3) is 0.316. The Hall–Kier alpha value is -2.90. The van der Waals surface area contributed by atoms with Crippen molar-refractivity contribution in [1.82, 2.24) is 10.3 Å². The van der Waals surface area contributed by atoms with E-state index in [4.69, 9.17) is 0 Å². The van der Waals surface area contributed by atoms with E-state index in [-0.39, 0.29) is 23.2 Å². The number of halogens is 3. The summed E-state index contributed by atoms with van der Waals surface area (Å²) < 4.78 is 39.9. The van der Waals surface area contributed by atoms with Crippen LogP contribution in [0.3, 0.4) is 0 Å². The van der Waals surface area contributed by atoms with E-state index in [1.807, 2.05) is 0 Å². The van der Waals surface area contributed by atoms with Crippen LogP contribution in [-0.4, -0.2) is 22.8 Å². The summed E-state index contributed by atoms with van der Waals surface area (Å²) in [6.45, 7) is 0. The van der Waals surface area contributed by atoms with Crippen LogP contribution in [0.15, 0.2) is 30.5 Å². The molecule has 0 bridgehead atoms. The van der Waals surface area contributed by atoms with Gasteiger partial charge in [-0.25, -0.2) is 13.2 Å². The highest BCUT2D eigenvalue weighted by Gasteiger charge is 2.19. The zero-order valence-corrected chi connectivity index (χ0v) is 14.4. The third-order valence-electron chi connectivity index (χ3n) is 4.48. The molecule has 0 radical (unpaired) electrons. The standard InChI is InChI=1S/C19H18F3N3O2/c20-13-6-7-14(17(22)16(13)21)25-19(27)15-10-11(8-9-23-15)18(26)24-12-4-2-1-3-5-12/h6-10,12H,1-5H2,(H,24,26)(H,25,27). The lowest BCUT2D eigenvalue weighted by Crippen LogP contribution is -2.36. The number of aromatic nitrogens is 1. The second kappa shape index (κ2) is 8.20. The number of nitrogens with one attached hydrogen (secondary N) is 2. The molecule has 0 aliphatic heterocycles. The topological polar surface area (TPSA) is 71.1 Å². The van der Waals surface area contributed by atoms with Crippen molar-refractivity contribution in [2.45, 2.75) is 38.1 Å². The molecule has 3 rings (SSSR count). The van der Waals surface area contributed by atoms with E-state index < -0.39 is 29.0 Å². The molecule has 1 heterocycles. The molecule has 0 spiro atoms. The van der Waals surface area contributed by atoms with Gasteiger partial charge >= 0.3 is 0 Å². The Balaban J connectivity index is 1.72. The van der Waals surface area contributed by atoms with Crippen LogP contribution in [-0.2, 0) is 0 Å². The molecule has 1 aliphatic carbocycles. The molecule has 0 atom stereocenters. The summed E-state index contributed by atoms with van der Waals surface area (Å²) in [5, 5.41) is 5.05. The van der Waals surface area contributed by atoms with Crippen molar-refractivity contribution >= 4 is 17.5 Å². The quantitative estimate of drug-likeness (QED) is 0.796. The Morgan fingerprint density at radius 1 is 0.963 bits per heavy atom. The van der Waals surface area contributed by atoms with Crippen molar-refractivity contribution in [3.8, 4) is 0 Å². The lowest BCUT2D eigenvalue weighted by atomic mass is 9.95. The fourth-order valence-corrected chi connectivity index (χ4v) is 3.02. The second-order valence-corrected chi connectivity index (χ2v) is 6.42. The first kappa shape index (κ1) is 18.9. The van der Waals surface area contributed by atoms with Crippen LogP contribution in [0.5, 0.6) is 0 Å². The summed E-state index contributed by atoms with van der Waals surface area (Å²) >= 11 is 0. The fourth-order valence-electron chi connectivity index (χ4n) is 3.02. The molecular weight excluding hydrogens is 359 g/mol. The molecule has 8 heteroatoms. The molecule has 2 amide bonds. The summed E-state index contributed by atoms with van der Waals surface area (Å²) in [6, 6.07) is 4.45. The van der Waals surface area contributed by atoms with Crippen LogP contribution >= 0.6 is 0 Å².